The molecule has 0 aliphatic carbocycles. The molecular formula is C21H17BrO3. The number of carbonyl (C=O) groups excluding carboxylic acids is 1. The van der Waals surface area contributed by atoms with Gasteiger partial charge in [0, 0.05) is 0 Å². The van der Waals surface area contributed by atoms with Crippen LogP contribution in [0.25, 0.3) is 11.1 Å². The van der Waals surface area contributed by atoms with Gasteiger partial charge in [-0.1, -0.05) is 48.5 Å². The minimum absolute atomic E-state index is 0.156. The van der Waals surface area contributed by atoms with E-state index in [0.717, 1.165) is 21.2 Å². The number of ether oxygens (including phenoxy) is 2. The first-order chi connectivity index (χ1) is 12.1. The average Bonchev–Trinajstić information content (AvgIpc) is 2.61. The molecule has 0 aromatic heterocycles. The van der Waals surface area contributed by atoms with E-state index in [2.05, 4.69) is 15.9 Å². The average molecular weight is 397 g/mol. The van der Waals surface area contributed by atoms with Gasteiger partial charge in [-0.05, 0) is 63.8 Å². The van der Waals surface area contributed by atoms with Crippen molar-refractivity contribution in [2.75, 3.05) is 6.61 Å². The second kappa shape index (κ2) is 7.99. The lowest BCUT2D eigenvalue weighted by Crippen LogP contribution is -2.17. The van der Waals surface area contributed by atoms with Gasteiger partial charge in [-0.15, -0.1) is 0 Å². The van der Waals surface area contributed by atoms with E-state index >= 15 is 0 Å². The Morgan fingerprint density at radius 2 is 1.72 bits per heavy atom. The third kappa shape index (κ3) is 4.70. The van der Waals surface area contributed by atoms with Crippen molar-refractivity contribution >= 4 is 21.9 Å². The predicted molar refractivity (Wildman–Crippen MR) is 102 cm³/mol. The zero-order chi connectivity index (χ0) is 17.6. The molecule has 0 unspecified atom stereocenters. The molecule has 3 aromatic rings. The topological polar surface area (TPSA) is 35.5 Å². The first kappa shape index (κ1) is 17.2. The molecule has 0 N–H and O–H groups in total. The van der Waals surface area contributed by atoms with Crippen LogP contribution in [0, 0.1) is 6.92 Å². The van der Waals surface area contributed by atoms with E-state index in [1.165, 1.54) is 0 Å². The third-order valence-corrected chi connectivity index (χ3v) is 4.23. The van der Waals surface area contributed by atoms with Gasteiger partial charge in [0.15, 0.2) is 6.61 Å². The summed E-state index contributed by atoms with van der Waals surface area (Å²) in [6, 6.07) is 23.2. The highest BCUT2D eigenvalue weighted by Crippen LogP contribution is 2.30. The lowest BCUT2D eigenvalue weighted by molar-refractivity contribution is -0.136. The molecule has 25 heavy (non-hydrogen) atoms. The first-order valence-corrected chi connectivity index (χ1v) is 8.66. The number of aryl methyl sites for hydroxylation is 1. The highest BCUT2D eigenvalue weighted by Gasteiger charge is 2.09. The van der Waals surface area contributed by atoms with Crippen molar-refractivity contribution in [3.8, 4) is 22.6 Å². The maximum atomic E-state index is 11.9. The van der Waals surface area contributed by atoms with Crippen LogP contribution < -0.4 is 9.47 Å². The summed E-state index contributed by atoms with van der Waals surface area (Å²) in [5.41, 5.74) is 3.22. The number of esters is 1. The Labute approximate surface area is 155 Å². The molecule has 4 heteroatoms. The van der Waals surface area contributed by atoms with E-state index in [1.54, 1.807) is 6.07 Å². The predicted octanol–water partition coefficient (Wildman–Crippen LogP) is 5.41. The Morgan fingerprint density at radius 1 is 0.920 bits per heavy atom. The molecule has 0 atom stereocenters. The van der Waals surface area contributed by atoms with E-state index < -0.39 is 5.97 Å². The fourth-order valence-corrected chi connectivity index (χ4v) is 2.90. The van der Waals surface area contributed by atoms with Gasteiger partial charge in [-0.3, -0.25) is 0 Å². The number of carbonyl (C=O) groups is 1. The van der Waals surface area contributed by atoms with Gasteiger partial charge in [0.25, 0.3) is 0 Å². The molecule has 0 spiro atoms. The smallest absolute Gasteiger partial charge is 0.349 e. The van der Waals surface area contributed by atoms with Crippen molar-refractivity contribution in [3.63, 3.8) is 0 Å². The van der Waals surface area contributed by atoms with Crippen molar-refractivity contribution in [2.45, 2.75) is 6.92 Å². The molecule has 0 aliphatic heterocycles. The quantitative estimate of drug-likeness (QED) is 0.427. The van der Waals surface area contributed by atoms with E-state index in [-0.39, 0.29) is 6.61 Å². The SMILES string of the molecule is Cc1cccc(OC(=O)COc2ccc(-c3ccccc3)cc2Br)c1. The molecule has 3 nitrogen and oxygen atoms in total. The summed E-state index contributed by atoms with van der Waals surface area (Å²) in [6.07, 6.45) is 0. The monoisotopic (exact) mass is 396 g/mol. The minimum atomic E-state index is -0.440. The fourth-order valence-electron chi connectivity index (χ4n) is 2.40. The summed E-state index contributed by atoms with van der Waals surface area (Å²) in [5.74, 6) is 0.678. The number of hydrogen-bond acceptors (Lipinski definition) is 3. The van der Waals surface area contributed by atoms with Crippen LogP contribution in [-0.2, 0) is 4.79 Å². The summed E-state index contributed by atoms with van der Waals surface area (Å²) in [7, 11) is 0. The van der Waals surface area contributed by atoms with Crippen molar-refractivity contribution < 1.29 is 14.3 Å². The van der Waals surface area contributed by atoms with E-state index in [1.807, 2.05) is 73.7 Å². The molecule has 126 valence electrons. The Morgan fingerprint density at radius 3 is 2.44 bits per heavy atom. The van der Waals surface area contributed by atoms with Gasteiger partial charge < -0.3 is 9.47 Å². The van der Waals surface area contributed by atoms with Crippen molar-refractivity contribution in [3.05, 3.63) is 82.8 Å². The maximum absolute atomic E-state index is 11.9. The summed E-state index contributed by atoms with van der Waals surface area (Å²) in [6.45, 7) is 1.79. The maximum Gasteiger partial charge on any atom is 0.349 e. The molecule has 0 saturated heterocycles. The van der Waals surface area contributed by atoms with Crippen molar-refractivity contribution in [1.29, 1.82) is 0 Å². The highest BCUT2D eigenvalue weighted by atomic mass is 79.9. The van der Waals surface area contributed by atoms with Gasteiger partial charge in [0.2, 0.25) is 0 Å². The van der Waals surface area contributed by atoms with Crippen LogP contribution in [0.4, 0.5) is 0 Å². The Balaban J connectivity index is 1.62. The molecule has 0 radical (unpaired) electrons. The minimum Gasteiger partial charge on any atom is -0.481 e. The Hall–Kier alpha value is -2.59. The standard InChI is InChI=1S/C21H17BrO3/c1-15-6-5-9-18(12-15)25-21(23)14-24-20-11-10-17(13-19(20)22)16-7-3-2-4-8-16/h2-13H,14H2,1H3. The van der Waals surface area contributed by atoms with E-state index in [0.29, 0.717) is 11.5 Å². The lowest BCUT2D eigenvalue weighted by Gasteiger charge is -2.10. The second-order valence-corrected chi connectivity index (χ2v) is 6.44. The second-order valence-electron chi connectivity index (χ2n) is 5.59. The van der Waals surface area contributed by atoms with Crippen LogP contribution in [0.2, 0.25) is 0 Å². The first-order valence-electron chi connectivity index (χ1n) is 7.87. The van der Waals surface area contributed by atoms with Gasteiger partial charge in [0.05, 0.1) is 4.47 Å². The molecule has 0 fully saturated rings. The molecule has 0 saturated carbocycles. The van der Waals surface area contributed by atoms with Crippen LogP contribution in [0.3, 0.4) is 0 Å². The number of hydrogen-bond donors (Lipinski definition) is 0. The highest BCUT2D eigenvalue weighted by molar-refractivity contribution is 9.10. The molecule has 3 rings (SSSR count). The third-order valence-electron chi connectivity index (χ3n) is 3.61. The zero-order valence-corrected chi connectivity index (χ0v) is 15.3. The summed E-state index contributed by atoms with van der Waals surface area (Å²) >= 11 is 3.49. The van der Waals surface area contributed by atoms with Gasteiger partial charge >= 0.3 is 5.97 Å². The van der Waals surface area contributed by atoms with Crippen LogP contribution >= 0.6 is 15.9 Å². The van der Waals surface area contributed by atoms with Crippen molar-refractivity contribution in [2.24, 2.45) is 0 Å². The zero-order valence-electron chi connectivity index (χ0n) is 13.7. The molecule has 0 aliphatic rings. The molecule has 0 bridgehead atoms. The van der Waals surface area contributed by atoms with Gasteiger partial charge in [-0.25, -0.2) is 4.79 Å². The number of rotatable bonds is 5. The summed E-state index contributed by atoms with van der Waals surface area (Å²) < 4.78 is 11.6. The normalized spacial score (nSPS) is 10.3. The number of halogens is 1. The fraction of sp³-hybridized carbons (Fsp3) is 0.0952. The molecular weight excluding hydrogens is 380 g/mol. The Bertz CT molecular complexity index is 875. The van der Waals surface area contributed by atoms with Crippen LogP contribution in [0.1, 0.15) is 5.56 Å². The molecule has 3 aromatic carbocycles. The van der Waals surface area contributed by atoms with Crippen molar-refractivity contribution in [1.82, 2.24) is 0 Å². The Kier molecular flexibility index (Phi) is 5.51. The molecule has 0 amide bonds. The summed E-state index contributed by atoms with van der Waals surface area (Å²) in [5, 5.41) is 0. The molecule has 0 heterocycles. The van der Waals surface area contributed by atoms with Crippen LogP contribution in [-0.4, -0.2) is 12.6 Å². The van der Waals surface area contributed by atoms with Crippen LogP contribution in [0.15, 0.2) is 77.3 Å². The van der Waals surface area contributed by atoms with Crippen LogP contribution in [0.5, 0.6) is 11.5 Å². The number of benzene rings is 3. The van der Waals surface area contributed by atoms with Gasteiger partial charge in [-0.2, -0.15) is 0 Å². The van der Waals surface area contributed by atoms with E-state index in [9.17, 15) is 4.79 Å². The largest absolute Gasteiger partial charge is 0.481 e. The van der Waals surface area contributed by atoms with Gasteiger partial charge in [0.1, 0.15) is 11.5 Å². The summed E-state index contributed by atoms with van der Waals surface area (Å²) in [4.78, 5) is 11.9. The van der Waals surface area contributed by atoms with E-state index in [4.69, 9.17) is 9.47 Å². The lowest BCUT2D eigenvalue weighted by atomic mass is 10.1.